The van der Waals surface area contributed by atoms with Crippen LogP contribution in [0.3, 0.4) is 0 Å². The van der Waals surface area contributed by atoms with Crippen LogP contribution in [0.4, 0.5) is 0 Å². The highest BCUT2D eigenvalue weighted by atomic mass is 79.9. The van der Waals surface area contributed by atoms with E-state index < -0.39 is 0 Å². The van der Waals surface area contributed by atoms with Gasteiger partial charge in [0.1, 0.15) is 5.75 Å². The summed E-state index contributed by atoms with van der Waals surface area (Å²) in [4.78, 5) is 11.9. The molecule has 0 radical (unpaired) electrons. The number of phenolic OH excluding ortho intramolecular Hbond substituents is 1. The van der Waals surface area contributed by atoms with Crippen LogP contribution in [0.2, 0.25) is 0 Å². The van der Waals surface area contributed by atoms with Crippen LogP contribution in [0, 0.1) is 0 Å². The van der Waals surface area contributed by atoms with E-state index in [1.807, 2.05) is 30.3 Å². The Balaban J connectivity index is 2.20. The maximum Gasteiger partial charge on any atom is 0.189 e. The van der Waals surface area contributed by atoms with Crippen molar-refractivity contribution in [2.75, 3.05) is 0 Å². The SMILES string of the molecule is O=C(C=Cc1ccccc1)c1ccc(Br)cc1O. The summed E-state index contributed by atoms with van der Waals surface area (Å²) in [7, 11) is 0. The number of allylic oxidation sites excluding steroid dienone is 1. The van der Waals surface area contributed by atoms with Crippen molar-refractivity contribution in [2.45, 2.75) is 0 Å². The van der Waals surface area contributed by atoms with Crippen molar-refractivity contribution in [1.82, 2.24) is 0 Å². The van der Waals surface area contributed by atoms with Gasteiger partial charge in [0.05, 0.1) is 5.56 Å². The molecule has 0 aliphatic rings. The number of rotatable bonds is 3. The Bertz CT molecular complexity index is 589. The highest BCUT2D eigenvalue weighted by Gasteiger charge is 2.07. The van der Waals surface area contributed by atoms with E-state index in [-0.39, 0.29) is 11.5 Å². The van der Waals surface area contributed by atoms with Crippen LogP contribution >= 0.6 is 15.9 Å². The Kier molecular flexibility index (Phi) is 3.95. The molecule has 1 N–H and O–H groups in total. The van der Waals surface area contributed by atoms with Crippen molar-refractivity contribution in [3.63, 3.8) is 0 Å². The molecule has 0 fully saturated rings. The van der Waals surface area contributed by atoms with E-state index in [9.17, 15) is 9.90 Å². The minimum atomic E-state index is -0.219. The maximum atomic E-state index is 11.9. The van der Waals surface area contributed by atoms with Crippen LogP contribution in [0.1, 0.15) is 15.9 Å². The maximum absolute atomic E-state index is 11.9. The van der Waals surface area contributed by atoms with E-state index in [0.717, 1.165) is 10.0 Å². The number of hydrogen-bond acceptors (Lipinski definition) is 2. The van der Waals surface area contributed by atoms with Gasteiger partial charge in [0.25, 0.3) is 0 Å². The number of carbonyl (C=O) groups excluding carboxylic acids is 1. The molecular formula is C15H11BrO2. The van der Waals surface area contributed by atoms with E-state index in [2.05, 4.69) is 15.9 Å². The summed E-state index contributed by atoms with van der Waals surface area (Å²) in [6.07, 6.45) is 3.18. The quantitative estimate of drug-likeness (QED) is 0.686. The molecule has 0 saturated heterocycles. The van der Waals surface area contributed by atoms with Gasteiger partial charge < -0.3 is 5.11 Å². The molecule has 0 unspecified atom stereocenters. The van der Waals surface area contributed by atoms with Crippen LogP contribution in [0.5, 0.6) is 5.75 Å². The Labute approximate surface area is 114 Å². The molecule has 0 bridgehead atoms. The lowest BCUT2D eigenvalue weighted by Gasteiger charge is -2.00. The van der Waals surface area contributed by atoms with Crippen molar-refractivity contribution < 1.29 is 9.90 Å². The van der Waals surface area contributed by atoms with E-state index in [4.69, 9.17) is 0 Å². The van der Waals surface area contributed by atoms with Gasteiger partial charge in [-0.15, -0.1) is 0 Å². The lowest BCUT2D eigenvalue weighted by atomic mass is 10.1. The number of phenols is 1. The van der Waals surface area contributed by atoms with E-state index in [1.54, 1.807) is 18.2 Å². The standard InChI is InChI=1S/C15H11BrO2/c16-12-7-8-13(15(18)10-12)14(17)9-6-11-4-2-1-3-5-11/h1-10,18H. The van der Waals surface area contributed by atoms with Crippen LogP contribution in [-0.2, 0) is 0 Å². The molecule has 2 rings (SSSR count). The monoisotopic (exact) mass is 302 g/mol. The topological polar surface area (TPSA) is 37.3 Å². The number of aromatic hydroxyl groups is 1. The number of carbonyl (C=O) groups is 1. The lowest BCUT2D eigenvalue weighted by molar-refractivity contribution is 0.104. The fourth-order valence-corrected chi connectivity index (χ4v) is 1.89. The predicted octanol–water partition coefficient (Wildman–Crippen LogP) is 4.05. The van der Waals surface area contributed by atoms with Gasteiger partial charge in [0, 0.05) is 4.47 Å². The van der Waals surface area contributed by atoms with E-state index >= 15 is 0 Å². The number of hydrogen-bond donors (Lipinski definition) is 1. The average molecular weight is 303 g/mol. The zero-order chi connectivity index (χ0) is 13.0. The molecule has 0 aliphatic carbocycles. The van der Waals surface area contributed by atoms with Crippen LogP contribution in [0.25, 0.3) is 6.08 Å². The normalized spacial score (nSPS) is 10.7. The van der Waals surface area contributed by atoms with Crippen LogP contribution in [-0.4, -0.2) is 10.9 Å². The molecule has 0 aliphatic heterocycles. The third-order valence-electron chi connectivity index (χ3n) is 2.45. The fourth-order valence-electron chi connectivity index (χ4n) is 1.54. The second-order valence-corrected chi connectivity index (χ2v) is 4.69. The number of ketones is 1. The van der Waals surface area contributed by atoms with Gasteiger partial charge >= 0.3 is 0 Å². The Hall–Kier alpha value is -1.87. The first-order valence-corrected chi connectivity index (χ1v) is 6.22. The summed E-state index contributed by atoms with van der Waals surface area (Å²) in [5.74, 6) is -0.240. The highest BCUT2D eigenvalue weighted by molar-refractivity contribution is 9.10. The molecule has 3 heteroatoms. The molecule has 18 heavy (non-hydrogen) atoms. The van der Waals surface area contributed by atoms with Crippen LogP contribution < -0.4 is 0 Å². The minimum absolute atomic E-state index is 0.0212. The number of benzene rings is 2. The van der Waals surface area contributed by atoms with Gasteiger partial charge in [-0.1, -0.05) is 52.3 Å². The molecule has 2 aromatic rings. The Morgan fingerprint density at radius 1 is 1.11 bits per heavy atom. The van der Waals surface area contributed by atoms with Crippen molar-refractivity contribution in [2.24, 2.45) is 0 Å². The van der Waals surface area contributed by atoms with Crippen molar-refractivity contribution in [1.29, 1.82) is 0 Å². The van der Waals surface area contributed by atoms with Gasteiger partial charge in [-0.3, -0.25) is 4.79 Å². The Morgan fingerprint density at radius 3 is 2.50 bits per heavy atom. The van der Waals surface area contributed by atoms with Gasteiger partial charge in [0.2, 0.25) is 0 Å². The van der Waals surface area contributed by atoms with Crippen molar-refractivity contribution in [3.05, 3.63) is 70.2 Å². The summed E-state index contributed by atoms with van der Waals surface area (Å²) in [6.45, 7) is 0. The molecule has 0 atom stereocenters. The molecular weight excluding hydrogens is 292 g/mol. The Morgan fingerprint density at radius 2 is 1.83 bits per heavy atom. The third-order valence-corrected chi connectivity index (χ3v) is 2.95. The lowest BCUT2D eigenvalue weighted by Crippen LogP contribution is -1.94. The molecule has 0 aromatic heterocycles. The largest absolute Gasteiger partial charge is 0.507 e. The molecule has 90 valence electrons. The summed E-state index contributed by atoms with van der Waals surface area (Å²) >= 11 is 3.23. The van der Waals surface area contributed by atoms with Crippen molar-refractivity contribution in [3.8, 4) is 5.75 Å². The molecule has 0 amide bonds. The average Bonchev–Trinajstić information content (AvgIpc) is 2.37. The van der Waals surface area contributed by atoms with Crippen molar-refractivity contribution >= 4 is 27.8 Å². The minimum Gasteiger partial charge on any atom is -0.507 e. The summed E-state index contributed by atoms with van der Waals surface area (Å²) in [5.41, 5.74) is 1.24. The highest BCUT2D eigenvalue weighted by Crippen LogP contribution is 2.23. The first kappa shape index (κ1) is 12.6. The molecule has 2 nitrogen and oxygen atoms in total. The second-order valence-electron chi connectivity index (χ2n) is 3.77. The second kappa shape index (κ2) is 5.65. The zero-order valence-corrected chi connectivity index (χ0v) is 11.1. The summed E-state index contributed by atoms with van der Waals surface area (Å²) in [6, 6.07) is 14.4. The van der Waals surface area contributed by atoms with E-state index in [1.165, 1.54) is 12.1 Å². The summed E-state index contributed by atoms with van der Waals surface area (Å²) in [5, 5.41) is 9.67. The van der Waals surface area contributed by atoms with Crippen LogP contribution in [0.15, 0.2) is 59.1 Å². The predicted molar refractivity (Wildman–Crippen MR) is 75.6 cm³/mol. The van der Waals surface area contributed by atoms with Gasteiger partial charge in [-0.05, 0) is 29.8 Å². The third kappa shape index (κ3) is 3.08. The van der Waals surface area contributed by atoms with Gasteiger partial charge in [-0.25, -0.2) is 0 Å². The van der Waals surface area contributed by atoms with Gasteiger partial charge in [0.15, 0.2) is 5.78 Å². The van der Waals surface area contributed by atoms with E-state index in [0.29, 0.717) is 5.56 Å². The summed E-state index contributed by atoms with van der Waals surface area (Å²) < 4.78 is 0.739. The smallest absolute Gasteiger partial charge is 0.189 e. The zero-order valence-electron chi connectivity index (χ0n) is 9.51. The molecule has 0 saturated carbocycles. The molecule has 2 aromatic carbocycles. The molecule has 0 heterocycles. The number of halogens is 1. The van der Waals surface area contributed by atoms with Gasteiger partial charge in [-0.2, -0.15) is 0 Å². The fraction of sp³-hybridized carbons (Fsp3) is 0. The first-order chi connectivity index (χ1) is 8.66. The first-order valence-electron chi connectivity index (χ1n) is 5.43. The molecule has 0 spiro atoms.